The summed E-state index contributed by atoms with van der Waals surface area (Å²) < 4.78 is 0. The third-order valence-electron chi connectivity index (χ3n) is 2.25. The molecule has 0 bridgehead atoms. The van der Waals surface area contributed by atoms with Crippen molar-refractivity contribution in [3.8, 4) is 0 Å². The van der Waals surface area contributed by atoms with Gasteiger partial charge in [0.25, 0.3) is 0 Å². The van der Waals surface area contributed by atoms with E-state index in [1.165, 1.54) is 0 Å². The first-order valence-corrected chi connectivity index (χ1v) is 6.29. The number of rotatable bonds is 5. The lowest BCUT2D eigenvalue weighted by Crippen LogP contribution is -2.37. The zero-order valence-electron chi connectivity index (χ0n) is 9.89. The Morgan fingerprint density at radius 3 is 2.65 bits per heavy atom. The average molecular weight is 275 g/mol. The molecule has 0 heterocycles. The molecule has 1 rings (SSSR count). The molecular weight excluding hydrogens is 259 g/mol. The van der Waals surface area contributed by atoms with Crippen molar-refractivity contribution in [1.29, 1.82) is 0 Å². The SMILES string of the molecule is CCCNC(=O)C(C)Nc1ccc(Cl)c(Cl)c1. The molecule has 94 valence electrons. The van der Waals surface area contributed by atoms with Crippen molar-refractivity contribution >= 4 is 34.8 Å². The van der Waals surface area contributed by atoms with Gasteiger partial charge in [0, 0.05) is 12.2 Å². The molecule has 1 aromatic carbocycles. The minimum Gasteiger partial charge on any atom is -0.374 e. The van der Waals surface area contributed by atoms with Gasteiger partial charge >= 0.3 is 0 Å². The summed E-state index contributed by atoms with van der Waals surface area (Å²) in [5.41, 5.74) is 0.776. The smallest absolute Gasteiger partial charge is 0.242 e. The molecule has 0 saturated carbocycles. The Morgan fingerprint density at radius 1 is 1.35 bits per heavy atom. The molecular formula is C12H16Cl2N2O. The van der Waals surface area contributed by atoms with Crippen LogP contribution in [-0.2, 0) is 4.79 Å². The minimum absolute atomic E-state index is 0.0297. The summed E-state index contributed by atoms with van der Waals surface area (Å²) in [4.78, 5) is 11.6. The molecule has 0 saturated heterocycles. The molecule has 0 fully saturated rings. The molecule has 0 aliphatic rings. The van der Waals surface area contributed by atoms with Crippen LogP contribution in [0.1, 0.15) is 20.3 Å². The van der Waals surface area contributed by atoms with Crippen molar-refractivity contribution in [2.24, 2.45) is 0 Å². The highest BCUT2D eigenvalue weighted by atomic mass is 35.5. The van der Waals surface area contributed by atoms with E-state index in [1.807, 2.05) is 6.92 Å². The summed E-state index contributed by atoms with van der Waals surface area (Å²) in [5.74, 6) is -0.0297. The van der Waals surface area contributed by atoms with Crippen molar-refractivity contribution in [1.82, 2.24) is 5.32 Å². The Labute approximate surface area is 111 Å². The number of carbonyl (C=O) groups is 1. The molecule has 3 nitrogen and oxygen atoms in total. The van der Waals surface area contributed by atoms with Crippen LogP contribution >= 0.6 is 23.2 Å². The fraction of sp³-hybridized carbons (Fsp3) is 0.417. The largest absolute Gasteiger partial charge is 0.374 e. The van der Waals surface area contributed by atoms with Crippen LogP contribution in [0.5, 0.6) is 0 Å². The number of halogens is 2. The Morgan fingerprint density at radius 2 is 2.06 bits per heavy atom. The van der Waals surface area contributed by atoms with Gasteiger partial charge in [0.15, 0.2) is 0 Å². The minimum atomic E-state index is -0.307. The summed E-state index contributed by atoms with van der Waals surface area (Å²) in [6.07, 6.45) is 0.922. The van der Waals surface area contributed by atoms with Gasteiger partial charge in [0.05, 0.1) is 10.0 Å². The first-order valence-electron chi connectivity index (χ1n) is 5.54. The van der Waals surface area contributed by atoms with E-state index in [2.05, 4.69) is 10.6 Å². The van der Waals surface area contributed by atoms with Crippen molar-refractivity contribution < 1.29 is 4.79 Å². The Bertz CT molecular complexity index is 396. The number of nitrogens with one attached hydrogen (secondary N) is 2. The molecule has 0 spiro atoms. The molecule has 0 aliphatic heterocycles. The quantitative estimate of drug-likeness (QED) is 0.865. The monoisotopic (exact) mass is 274 g/mol. The lowest BCUT2D eigenvalue weighted by Gasteiger charge is -2.15. The molecule has 1 aromatic rings. The van der Waals surface area contributed by atoms with Gasteiger partial charge in [0.2, 0.25) is 5.91 Å². The van der Waals surface area contributed by atoms with Gasteiger partial charge in [-0.05, 0) is 31.5 Å². The topological polar surface area (TPSA) is 41.1 Å². The summed E-state index contributed by atoms with van der Waals surface area (Å²) in [5, 5.41) is 6.85. The Balaban J connectivity index is 2.58. The molecule has 17 heavy (non-hydrogen) atoms. The fourth-order valence-electron chi connectivity index (χ4n) is 1.30. The number of hydrogen-bond donors (Lipinski definition) is 2. The van der Waals surface area contributed by atoms with Gasteiger partial charge in [0.1, 0.15) is 6.04 Å². The van der Waals surface area contributed by atoms with Gasteiger partial charge in [-0.25, -0.2) is 0 Å². The molecule has 1 unspecified atom stereocenters. The number of benzene rings is 1. The lowest BCUT2D eigenvalue weighted by atomic mass is 10.2. The highest BCUT2D eigenvalue weighted by Crippen LogP contribution is 2.25. The van der Waals surface area contributed by atoms with E-state index in [9.17, 15) is 4.79 Å². The second kappa shape index (κ2) is 6.72. The molecule has 0 aliphatic carbocycles. The molecule has 5 heteroatoms. The van der Waals surface area contributed by atoms with Gasteiger partial charge in [-0.1, -0.05) is 30.1 Å². The number of carbonyl (C=O) groups excluding carboxylic acids is 1. The average Bonchev–Trinajstić information content (AvgIpc) is 2.30. The maximum absolute atomic E-state index is 11.6. The summed E-state index contributed by atoms with van der Waals surface area (Å²) in [6.45, 7) is 4.50. The first-order chi connectivity index (χ1) is 8.04. The van der Waals surface area contributed by atoms with E-state index in [-0.39, 0.29) is 11.9 Å². The molecule has 1 atom stereocenters. The van der Waals surface area contributed by atoms with Crippen molar-refractivity contribution in [3.05, 3.63) is 28.2 Å². The van der Waals surface area contributed by atoms with Crippen molar-refractivity contribution in [2.45, 2.75) is 26.3 Å². The zero-order chi connectivity index (χ0) is 12.8. The summed E-state index contributed by atoms with van der Waals surface area (Å²) in [7, 11) is 0. The predicted octanol–water partition coefficient (Wildman–Crippen LogP) is 3.32. The second-order valence-electron chi connectivity index (χ2n) is 3.79. The van der Waals surface area contributed by atoms with Crippen LogP contribution in [0.15, 0.2) is 18.2 Å². The maximum Gasteiger partial charge on any atom is 0.242 e. The van der Waals surface area contributed by atoms with E-state index in [1.54, 1.807) is 25.1 Å². The second-order valence-corrected chi connectivity index (χ2v) is 4.60. The van der Waals surface area contributed by atoms with Gasteiger partial charge < -0.3 is 10.6 Å². The highest BCUT2D eigenvalue weighted by Gasteiger charge is 2.11. The van der Waals surface area contributed by atoms with E-state index in [0.29, 0.717) is 16.6 Å². The normalized spacial score (nSPS) is 12.0. The third kappa shape index (κ3) is 4.44. The van der Waals surface area contributed by atoms with Crippen LogP contribution in [0, 0.1) is 0 Å². The van der Waals surface area contributed by atoms with Crippen LogP contribution in [0.2, 0.25) is 10.0 Å². The molecule has 2 N–H and O–H groups in total. The summed E-state index contributed by atoms with van der Waals surface area (Å²) in [6, 6.07) is 4.88. The summed E-state index contributed by atoms with van der Waals surface area (Å²) >= 11 is 11.7. The highest BCUT2D eigenvalue weighted by molar-refractivity contribution is 6.42. The maximum atomic E-state index is 11.6. The first kappa shape index (κ1) is 14.1. The van der Waals surface area contributed by atoms with Gasteiger partial charge in [-0.3, -0.25) is 4.79 Å². The molecule has 0 radical (unpaired) electrons. The zero-order valence-corrected chi connectivity index (χ0v) is 11.4. The molecule has 0 aromatic heterocycles. The van der Waals surface area contributed by atoms with Gasteiger partial charge in [-0.15, -0.1) is 0 Å². The van der Waals surface area contributed by atoms with Crippen LogP contribution in [0.25, 0.3) is 0 Å². The van der Waals surface area contributed by atoms with E-state index in [4.69, 9.17) is 23.2 Å². The van der Waals surface area contributed by atoms with Crippen LogP contribution < -0.4 is 10.6 Å². The Kier molecular flexibility index (Phi) is 5.59. The third-order valence-corrected chi connectivity index (χ3v) is 2.98. The van der Waals surface area contributed by atoms with E-state index >= 15 is 0 Å². The van der Waals surface area contributed by atoms with Crippen molar-refractivity contribution in [3.63, 3.8) is 0 Å². The fourth-order valence-corrected chi connectivity index (χ4v) is 1.60. The number of anilines is 1. The number of amides is 1. The Hall–Kier alpha value is -0.930. The molecule has 1 amide bonds. The van der Waals surface area contributed by atoms with Crippen molar-refractivity contribution in [2.75, 3.05) is 11.9 Å². The van der Waals surface area contributed by atoms with Gasteiger partial charge in [-0.2, -0.15) is 0 Å². The standard InChI is InChI=1S/C12H16Cl2N2O/c1-3-6-15-12(17)8(2)16-9-4-5-10(13)11(14)7-9/h4-5,7-8,16H,3,6H2,1-2H3,(H,15,17). The van der Waals surface area contributed by atoms with Crippen LogP contribution in [0.3, 0.4) is 0 Å². The van der Waals surface area contributed by atoms with E-state index in [0.717, 1.165) is 12.1 Å². The predicted molar refractivity (Wildman–Crippen MR) is 72.8 cm³/mol. The van der Waals surface area contributed by atoms with Crippen LogP contribution in [0.4, 0.5) is 5.69 Å². The number of hydrogen-bond acceptors (Lipinski definition) is 2. The van der Waals surface area contributed by atoms with E-state index < -0.39 is 0 Å². The van der Waals surface area contributed by atoms with Crippen LogP contribution in [-0.4, -0.2) is 18.5 Å². The lowest BCUT2D eigenvalue weighted by molar-refractivity contribution is -0.121.